The van der Waals surface area contributed by atoms with Crippen LogP contribution in [0.25, 0.3) is 22.3 Å². The molecular weight excluding hydrogens is 510 g/mol. The maximum atomic E-state index is 13.2. The SMILES string of the molecule is CN(C)c1ccc(-c2cc3nccnc3c(OC[C@@H]3CN(S(=O)(=O)C4CCCCC4)CCO3)n2)cc1.S. The fourth-order valence-electron chi connectivity index (χ4n) is 4.89. The summed E-state index contributed by atoms with van der Waals surface area (Å²) in [4.78, 5) is 15.7. The monoisotopic (exact) mass is 545 g/mol. The number of aromatic nitrogens is 3. The van der Waals surface area contributed by atoms with Crippen molar-refractivity contribution in [3.05, 3.63) is 42.7 Å². The lowest BCUT2D eigenvalue weighted by Gasteiger charge is -2.35. The average Bonchev–Trinajstić information content (AvgIpc) is 2.92. The van der Waals surface area contributed by atoms with Gasteiger partial charge in [0.25, 0.3) is 0 Å². The number of morpholine rings is 1. The van der Waals surface area contributed by atoms with Crippen LogP contribution in [0.4, 0.5) is 5.69 Å². The van der Waals surface area contributed by atoms with E-state index in [1.807, 2.05) is 49.3 Å². The summed E-state index contributed by atoms with van der Waals surface area (Å²) in [5.41, 5.74) is 4.01. The molecule has 0 radical (unpaired) electrons. The summed E-state index contributed by atoms with van der Waals surface area (Å²) in [5.74, 6) is 0.364. The molecule has 0 spiro atoms. The molecule has 0 unspecified atom stereocenters. The van der Waals surface area contributed by atoms with Crippen LogP contribution in [-0.2, 0) is 14.8 Å². The first kappa shape index (κ1) is 27.6. The maximum Gasteiger partial charge on any atom is 0.242 e. The molecule has 2 aromatic heterocycles. The van der Waals surface area contributed by atoms with E-state index in [0.29, 0.717) is 30.1 Å². The van der Waals surface area contributed by atoms with Gasteiger partial charge in [-0.05, 0) is 31.0 Å². The molecule has 2 fully saturated rings. The number of pyridine rings is 1. The van der Waals surface area contributed by atoms with Crippen LogP contribution in [0, 0.1) is 0 Å². The van der Waals surface area contributed by atoms with Gasteiger partial charge in [-0.2, -0.15) is 17.8 Å². The van der Waals surface area contributed by atoms with E-state index >= 15 is 0 Å². The van der Waals surface area contributed by atoms with Gasteiger partial charge in [-0.3, -0.25) is 4.98 Å². The molecule has 3 heterocycles. The summed E-state index contributed by atoms with van der Waals surface area (Å²) in [6.45, 7) is 1.21. The van der Waals surface area contributed by atoms with Crippen LogP contribution in [0.15, 0.2) is 42.7 Å². The van der Waals surface area contributed by atoms with Crippen molar-refractivity contribution < 1.29 is 17.9 Å². The van der Waals surface area contributed by atoms with Gasteiger partial charge in [0.1, 0.15) is 12.7 Å². The standard InChI is InChI=1S/C26H33N5O4S.H2S/c1-30(2)20-10-8-19(9-11-20)23-16-24-25(28-13-12-27-24)26(29-23)35-18-21-17-31(14-15-34-21)36(32,33)22-6-4-3-5-7-22;/h8-13,16,21-22H,3-7,14-15,17-18H2,1-2H3;1H2/t21-;/m0./s1. The molecule has 1 saturated heterocycles. The Morgan fingerprint density at radius 3 is 2.54 bits per heavy atom. The van der Waals surface area contributed by atoms with Crippen LogP contribution in [0.1, 0.15) is 32.1 Å². The molecule has 9 nitrogen and oxygen atoms in total. The highest BCUT2D eigenvalue weighted by atomic mass is 32.2. The molecule has 1 aromatic carbocycles. The van der Waals surface area contributed by atoms with Gasteiger partial charge in [-0.1, -0.05) is 31.4 Å². The summed E-state index contributed by atoms with van der Waals surface area (Å²) in [5, 5.41) is -0.276. The van der Waals surface area contributed by atoms with Crippen molar-refractivity contribution >= 4 is 40.2 Å². The minimum Gasteiger partial charge on any atom is -0.473 e. The van der Waals surface area contributed by atoms with E-state index in [2.05, 4.69) is 9.97 Å². The Balaban J connectivity index is 0.00000320. The van der Waals surface area contributed by atoms with Crippen LogP contribution in [0.5, 0.6) is 5.88 Å². The predicted molar refractivity (Wildman–Crippen MR) is 150 cm³/mol. The number of anilines is 1. The topological polar surface area (TPSA) is 97.8 Å². The van der Waals surface area contributed by atoms with Gasteiger partial charge in [0.15, 0.2) is 5.52 Å². The van der Waals surface area contributed by atoms with Crippen molar-refractivity contribution in [3.8, 4) is 17.1 Å². The minimum atomic E-state index is -3.33. The smallest absolute Gasteiger partial charge is 0.242 e. The Kier molecular flexibility index (Phi) is 8.89. The number of nitrogens with zero attached hydrogens (tertiary/aromatic N) is 5. The highest BCUT2D eigenvalue weighted by Crippen LogP contribution is 2.29. The van der Waals surface area contributed by atoms with E-state index in [-0.39, 0.29) is 38.0 Å². The number of sulfonamides is 1. The number of hydrogen-bond donors (Lipinski definition) is 0. The summed E-state index contributed by atoms with van der Waals surface area (Å²) in [6.07, 6.45) is 7.45. The summed E-state index contributed by atoms with van der Waals surface area (Å²) < 4.78 is 40.0. The fourth-order valence-corrected chi connectivity index (χ4v) is 6.95. The molecule has 37 heavy (non-hydrogen) atoms. The fraction of sp³-hybridized carbons (Fsp3) is 0.500. The highest BCUT2D eigenvalue weighted by Gasteiger charge is 2.36. The van der Waals surface area contributed by atoms with Gasteiger partial charge in [-0.25, -0.2) is 18.4 Å². The molecule has 1 aliphatic carbocycles. The van der Waals surface area contributed by atoms with Crippen molar-refractivity contribution in [2.75, 3.05) is 45.3 Å². The molecule has 2 aliphatic rings. The van der Waals surface area contributed by atoms with Crippen molar-refractivity contribution in [1.82, 2.24) is 19.3 Å². The van der Waals surface area contributed by atoms with Gasteiger partial charge in [0.2, 0.25) is 15.9 Å². The van der Waals surface area contributed by atoms with E-state index in [0.717, 1.165) is 49.0 Å². The van der Waals surface area contributed by atoms with Crippen LogP contribution in [0.3, 0.4) is 0 Å². The summed E-state index contributed by atoms with van der Waals surface area (Å²) >= 11 is 0. The molecule has 1 atom stereocenters. The first-order valence-electron chi connectivity index (χ1n) is 12.5. The van der Waals surface area contributed by atoms with E-state index in [9.17, 15) is 8.42 Å². The van der Waals surface area contributed by atoms with Gasteiger partial charge in [-0.15, -0.1) is 0 Å². The molecule has 1 aliphatic heterocycles. The first-order valence-corrected chi connectivity index (χ1v) is 14.0. The lowest BCUT2D eigenvalue weighted by atomic mass is 10.0. The number of benzene rings is 1. The second-order valence-corrected chi connectivity index (χ2v) is 11.9. The molecule has 0 N–H and O–H groups in total. The molecule has 5 rings (SSSR count). The highest BCUT2D eigenvalue weighted by molar-refractivity contribution is 7.89. The van der Waals surface area contributed by atoms with Crippen molar-refractivity contribution in [2.45, 2.75) is 43.5 Å². The number of hydrogen-bond acceptors (Lipinski definition) is 8. The normalized spacial score (nSPS) is 19.4. The zero-order valence-electron chi connectivity index (χ0n) is 21.3. The number of ether oxygens (including phenoxy) is 2. The lowest BCUT2D eigenvalue weighted by molar-refractivity contribution is -0.0257. The molecule has 200 valence electrons. The largest absolute Gasteiger partial charge is 0.473 e. The molecule has 11 heteroatoms. The first-order chi connectivity index (χ1) is 17.4. The summed E-state index contributed by atoms with van der Waals surface area (Å²) in [7, 11) is 0.668. The Hall–Kier alpha value is -2.47. The van der Waals surface area contributed by atoms with E-state index in [1.165, 1.54) is 0 Å². The molecular formula is C26H35N5O4S2. The second-order valence-electron chi connectivity index (χ2n) is 9.64. The Labute approximate surface area is 225 Å². The molecule has 1 saturated carbocycles. The third kappa shape index (κ3) is 6.17. The van der Waals surface area contributed by atoms with Gasteiger partial charge in [0.05, 0.1) is 23.1 Å². The number of rotatable bonds is 7. The van der Waals surface area contributed by atoms with Crippen LogP contribution < -0.4 is 9.64 Å². The van der Waals surface area contributed by atoms with E-state index < -0.39 is 10.0 Å². The number of fused-ring (bicyclic) bond motifs is 1. The third-order valence-electron chi connectivity index (χ3n) is 6.94. The molecule has 3 aromatic rings. The molecule has 0 bridgehead atoms. The second kappa shape index (κ2) is 11.9. The maximum absolute atomic E-state index is 13.2. The van der Waals surface area contributed by atoms with E-state index in [4.69, 9.17) is 14.5 Å². The van der Waals surface area contributed by atoms with Crippen molar-refractivity contribution in [3.63, 3.8) is 0 Å². The van der Waals surface area contributed by atoms with Gasteiger partial charge in [0, 0.05) is 50.8 Å². The minimum absolute atomic E-state index is 0. The van der Waals surface area contributed by atoms with Gasteiger partial charge < -0.3 is 14.4 Å². The zero-order chi connectivity index (χ0) is 25.1. The average molecular weight is 546 g/mol. The van der Waals surface area contributed by atoms with Gasteiger partial charge >= 0.3 is 0 Å². The Bertz CT molecular complexity index is 1300. The lowest BCUT2D eigenvalue weighted by Crippen LogP contribution is -2.50. The predicted octanol–water partition coefficient (Wildman–Crippen LogP) is 3.61. The molecule has 0 amide bonds. The van der Waals surface area contributed by atoms with Crippen molar-refractivity contribution in [1.29, 1.82) is 0 Å². The van der Waals surface area contributed by atoms with Crippen LogP contribution >= 0.6 is 13.5 Å². The van der Waals surface area contributed by atoms with Crippen LogP contribution in [-0.4, -0.2) is 79.4 Å². The Morgan fingerprint density at radius 1 is 1.08 bits per heavy atom. The van der Waals surface area contributed by atoms with Crippen molar-refractivity contribution in [2.24, 2.45) is 0 Å². The quantitative estimate of drug-likeness (QED) is 0.444. The van der Waals surface area contributed by atoms with E-state index in [1.54, 1.807) is 16.7 Å². The zero-order valence-corrected chi connectivity index (χ0v) is 23.2. The van der Waals surface area contributed by atoms with Crippen LogP contribution in [0.2, 0.25) is 0 Å². The Morgan fingerprint density at radius 2 is 1.81 bits per heavy atom. The third-order valence-corrected chi connectivity index (χ3v) is 9.31. The summed E-state index contributed by atoms with van der Waals surface area (Å²) in [6, 6.07) is 10.0.